The Morgan fingerprint density at radius 1 is 0.744 bits per heavy atom. The van der Waals surface area contributed by atoms with Crippen LogP contribution in [0.2, 0.25) is 0 Å². The molecule has 0 heterocycles. The van der Waals surface area contributed by atoms with E-state index in [9.17, 15) is 42.8 Å². The predicted molar refractivity (Wildman–Crippen MR) is 132 cm³/mol. The third-order valence-electron chi connectivity index (χ3n) is 5.32. The second-order valence-electron chi connectivity index (χ2n) is 8.57. The van der Waals surface area contributed by atoms with Crippen LogP contribution in [-0.4, -0.2) is 36.9 Å². The Hall–Kier alpha value is -3.01. The summed E-state index contributed by atoms with van der Waals surface area (Å²) in [6.45, 7) is 4.44. The lowest BCUT2D eigenvalue weighted by Gasteiger charge is -2.17. The number of alkyl halides is 3. The summed E-state index contributed by atoms with van der Waals surface area (Å²) in [7, 11) is -15.0. The third-order valence-corrected chi connectivity index (χ3v) is 10.4. The molecule has 0 bridgehead atoms. The van der Waals surface area contributed by atoms with E-state index in [0.717, 1.165) is 55.5 Å². The molecule has 0 spiro atoms. The van der Waals surface area contributed by atoms with Gasteiger partial charge in [-0.3, -0.25) is 0 Å². The zero-order chi connectivity index (χ0) is 29.4. The second kappa shape index (κ2) is 10.9. The van der Waals surface area contributed by atoms with E-state index < -0.39 is 72.8 Å². The average molecular weight is 610 g/mol. The van der Waals surface area contributed by atoms with Crippen LogP contribution in [0.3, 0.4) is 0 Å². The maximum Gasteiger partial charge on any atom is 0.511 e. The first-order chi connectivity index (χ1) is 17.9. The summed E-state index contributed by atoms with van der Waals surface area (Å²) in [5.74, 6) is -1.09. The standard InChI is InChI=1S/C24H23F4NO7S3/c1-15(2)36-18-10-13-22(23(14-18)38(32,33)21-7-5-4-6-20(21)25)37(30,31)19-11-8-17(9-12-19)16(3)29-39(34,35)24(26,27)28/h4-16,29H,1-3H3. The lowest BCUT2D eigenvalue weighted by molar-refractivity contribution is -0.0450. The van der Waals surface area contributed by atoms with Crippen LogP contribution < -0.4 is 9.46 Å². The Kier molecular flexibility index (Phi) is 8.51. The van der Waals surface area contributed by atoms with E-state index >= 15 is 0 Å². The highest BCUT2D eigenvalue weighted by Crippen LogP contribution is 2.35. The van der Waals surface area contributed by atoms with Crippen molar-refractivity contribution in [2.24, 2.45) is 0 Å². The number of hydrogen-bond acceptors (Lipinski definition) is 7. The molecule has 0 aliphatic rings. The molecular weight excluding hydrogens is 586 g/mol. The van der Waals surface area contributed by atoms with E-state index in [1.54, 1.807) is 13.8 Å². The molecule has 1 unspecified atom stereocenters. The van der Waals surface area contributed by atoms with Gasteiger partial charge in [-0.15, -0.1) is 0 Å². The van der Waals surface area contributed by atoms with Crippen molar-refractivity contribution < 1.29 is 47.6 Å². The Bertz CT molecular complexity index is 1690. The van der Waals surface area contributed by atoms with E-state index in [0.29, 0.717) is 0 Å². The quantitative estimate of drug-likeness (QED) is 0.347. The molecule has 0 aromatic heterocycles. The third kappa shape index (κ3) is 6.42. The number of halogens is 4. The fraction of sp³-hybridized carbons (Fsp3) is 0.250. The molecule has 8 nitrogen and oxygen atoms in total. The first-order valence-corrected chi connectivity index (χ1v) is 15.6. The normalized spacial score (nSPS) is 13.8. The summed E-state index contributed by atoms with van der Waals surface area (Å²) >= 11 is 0. The van der Waals surface area contributed by atoms with Gasteiger partial charge in [0, 0.05) is 12.1 Å². The van der Waals surface area contributed by atoms with Gasteiger partial charge in [0.1, 0.15) is 16.5 Å². The van der Waals surface area contributed by atoms with Crippen molar-refractivity contribution in [3.63, 3.8) is 0 Å². The number of sulfonamides is 1. The number of sulfone groups is 2. The number of rotatable bonds is 9. The molecule has 212 valence electrons. The first-order valence-electron chi connectivity index (χ1n) is 11.1. The minimum atomic E-state index is -5.67. The summed E-state index contributed by atoms with van der Waals surface area (Å²) in [4.78, 5) is -2.65. The van der Waals surface area contributed by atoms with Crippen molar-refractivity contribution in [1.29, 1.82) is 0 Å². The molecule has 0 saturated carbocycles. The summed E-state index contributed by atoms with van der Waals surface area (Å²) < 4.78 is 136. The van der Waals surface area contributed by atoms with Gasteiger partial charge in [-0.05, 0) is 62.7 Å². The van der Waals surface area contributed by atoms with Gasteiger partial charge < -0.3 is 4.74 Å². The molecule has 0 aliphatic carbocycles. The number of ether oxygens (including phenoxy) is 1. The van der Waals surface area contributed by atoms with Crippen molar-refractivity contribution in [1.82, 2.24) is 4.72 Å². The van der Waals surface area contributed by atoms with Gasteiger partial charge in [-0.25, -0.2) is 34.4 Å². The molecular formula is C24H23F4NO7S3. The van der Waals surface area contributed by atoms with E-state index in [1.165, 1.54) is 22.9 Å². The first kappa shape index (κ1) is 30.5. The lowest BCUT2D eigenvalue weighted by atomic mass is 10.1. The van der Waals surface area contributed by atoms with Gasteiger partial charge in [0.15, 0.2) is 0 Å². The minimum Gasteiger partial charge on any atom is -0.491 e. The van der Waals surface area contributed by atoms with Gasteiger partial charge >= 0.3 is 15.5 Å². The van der Waals surface area contributed by atoms with E-state index in [1.807, 2.05) is 0 Å². The predicted octanol–water partition coefficient (Wildman–Crippen LogP) is 4.78. The van der Waals surface area contributed by atoms with Crippen LogP contribution >= 0.6 is 0 Å². The summed E-state index contributed by atoms with van der Waals surface area (Å²) in [6, 6.07) is 10.4. The Morgan fingerprint density at radius 2 is 1.33 bits per heavy atom. The summed E-state index contributed by atoms with van der Waals surface area (Å²) in [5, 5.41) is 0. The molecule has 0 saturated heterocycles. The molecule has 0 amide bonds. The van der Waals surface area contributed by atoms with Crippen LogP contribution in [0, 0.1) is 5.82 Å². The van der Waals surface area contributed by atoms with Gasteiger partial charge in [0.25, 0.3) is 0 Å². The van der Waals surface area contributed by atoms with Gasteiger partial charge in [0.2, 0.25) is 19.7 Å². The van der Waals surface area contributed by atoms with E-state index in [4.69, 9.17) is 4.74 Å². The van der Waals surface area contributed by atoms with Crippen LogP contribution in [0.1, 0.15) is 32.4 Å². The molecule has 1 N–H and O–H groups in total. The summed E-state index contributed by atoms with van der Waals surface area (Å²) in [5.41, 5.74) is -5.54. The molecule has 0 radical (unpaired) electrons. The zero-order valence-corrected chi connectivity index (χ0v) is 23.0. The van der Waals surface area contributed by atoms with Crippen LogP contribution in [0.15, 0.2) is 86.3 Å². The topological polar surface area (TPSA) is 124 Å². The number of benzene rings is 3. The van der Waals surface area contributed by atoms with Crippen molar-refractivity contribution in [3.05, 3.63) is 78.1 Å². The Labute approximate surface area is 223 Å². The van der Waals surface area contributed by atoms with Crippen LogP contribution in [0.25, 0.3) is 0 Å². The van der Waals surface area contributed by atoms with E-state index in [-0.39, 0.29) is 11.3 Å². The van der Waals surface area contributed by atoms with Crippen molar-refractivity contribution in [2.75, 3.05) is 0 Å². The number of hydrogen-bond donors (Lipinski definition) is 1. The minimum absolute atomic E-state index is 0.00154. The zero-order valence-electron chi connectivity index (χ0n) is 20.6. The van der Waals surface area contributed by atoms with Gasteiger partial charge in [0.05, 0.1) is 20.8 Å². The highest BCUT2D eigenvalue weighted by atomic mass is 32.2. The molecule has 1 atom stereocenters. The summed E-state index contributed by atoms with van der Waals surface area (Å²) in [6.07, 6.45) is -0.402. The molecule has 3 aromatic rings. The van der Waals surface area contributed by atoms with Gasteiger partial charge in [-0.2, -0.15) is 13.2 Å². The van der Waals surface area contributed by atoms with Crippen molar-refractivity contribution in [2.45, 2.75) is 58.0 Å². The van der Waals surface area contributed by atoms with Crippen LogP contribution in [-0.2, 0) is 29.7 Å². The maximum atomic E-state index is 14.5. The van der Waals surface area contributed by atoms with Crippen LogP contribution in [0.5, 0.6) is 5.75 Å². The fourth-order valence-corrected chi connectivity index (χ4v) is 7.61. The number of nitrogens with one attached hydrogen (secondary N) is 1. The SMILES string of the molecule is CC(C)Oc1ccc(S(=O)(=O)c2ccc(C(C)NS(=O)(=O)C(F)(F)F)cc2)c(S(=O)(=O)c2ccccc2F)c1. The van der Waals surface area contributed by atoms with Crippen LogP contribution in [0.4, 0.5) is 17.6 Å². The fourth-order valence-electron chi connectivity index (χ4n) is 3.48. The average Bonchev–Trinajstić information content (AvgIpc) is 2.82. The van der Waals surface area contributed by atoms with Crippen molar-refractivity contribution >= 4 is 29.7 Å². The molecule has 3 rings (SSSR count). The second-order valence-corrected chi connectivity index (χ2v) is 14.1. The maximum absolute atomic E-state index is 14.5. The molecule has 39 heavy (non-hydrogen) atoms. The van der Waals surface area contributed by atoms with Crippen molar-refractivity contribution in [3.8, 4) is 5.75 Å². The monoisotopic (exact) mass is 609 g/mol. The van der Waals surface area contributed by atoms with Gasteiger partial charge in [-0.1, -0.05) is 24.3 Å². The Balaban J connectivity index is 2.10. The largest absolute Gasteiger partial charge is 0.511 e. The Morgan fingerprint density at radius 3 is 1.87 bits per heavy atom. The smallest absolute Gasteiger partial charge is 0.491 e. The highest BCUT2D eigenvalue weighted by molar-refractivity contribution is 7.94. The molecule has 15 heteroatoms. The molecule has 0 fully saturated rings. The van der Waals surface area contributed by atoms with E-state index in [2.05, 4.69) is 0 Å². The molecule has 0 aliphatic heterocycles. The molecule has 3 aromatic carbocycles. The lowest BCUT2D eigenvalue weighted by Crippen LogP contribution is -2.37. The highest BCUT2D eigenvalue weighted by Gasteiger charge is 2.46.